The molecule has 0 aliphatic heterocycles. The maximum atomic E-state index is 12.2. The maximum Gasteiger partial charge on any atom is 0.308 e. The summed E-state index contributed by atoms with van der Waals surface area (Å²) >= 11 is 5.96. The predicted molar refractivity (Wildman–Crippen MR) is 112 cm³/mol. The van der Waals surface area contributed by atoms with Gasteiger partial charge in [-0.05, 0) is 54.4 Å². The number of halogens is 1. The van der Waals surface area contributed by atoms with Crippen molar-refractivity contribution in [1.82, 2.24) is 5.43 Å². The first-order valence-corrected chi connectivity index (χ1v) is 10.6. The fourth-order valence-corrected chi connectivity index (χ4v) is 3.44. The number of rotatable bonds is 7. The number of aryl methyl sites for hydroxylation is 1. The highest BCUT2D eigenvalue weighted by atomic mass is 35.5. The van der Waals surface area contributed by atoms with Gasteiger partial charge < -0.3 is 4.74 Å². The molecule has 0 aliphatic carbocycles. The standard InChI is InChI=1S/C19H20ClN3O5S/c1-13-4-7-16(20)10-18(13)23(29(3,26)27)12-19(25)22-21-11-15-5-8-17(9-6-15)28-14(2)24/h4-11H,12H2,1-3H3,(H,22,25)/b21-11-. The molecule has 0 spiro atoms. The largest absolute Gasteiger partial charge is 0.427 e. The van der Waals surface area contributed by atoms with E-state index in [2.05, 4.69) is 10.5 Å². The van der Waals surface area contributed by atoms with Crippen LogP contribution in [0, 0.1) is 6.92 Å². The van der Waals surface area contributed by atoms with Gasteiger partial charge in [-0.25, -0.2) is 13.8 Å². The monoisotopic (exact) mass is 437 g/mol. The zero-order valence-corrected chi connectivity index (χ0v) is 17.6. The SMILES string of the molecule is CC(=O)Oc1ccc(/C=N\NC(=O)CN(c2cc(Cl)ccc2C)S(C)(=O)=O)cc1. The number of ether oxygens (including phenoxy) is 1. The van der Waals surface area contributed by atoms with E-state index in [1.54, 1.807) is 43.3 Å². The van der Waals surface area contributed by atoms with Crippen molar-refractivity contribution < 1.29 is 22.7 Å². The van der Waals surface area contributed by atoms with Crippen molar-refractivity contribution in [3.8, 4) is 5.75 Å². The first-order chi connectivity index (χ1) is 13.6. The summed E-state index contributed by atoms with van der Waals surface area (Å²) < 4.78 is 30.2. The van der Waals surface area contributed by atoms with Crippen molar-refractivity contribution in [1.29, 1.82) is 0 Å². The summed E-state index contributed by atoms with van der Waals surface area (Å²) in [4.78, 5) is 23.1. The number of esters is 1. The van der Waals surface area contributed by atoms with Crippen molar-refractivity contribution in [3.63, 3.8) is 0 Å². The number of hydrogen-bond donors (Lipinski definition) is 1. The van der Waals surface area contributed by atoms with Crippen LogP contribution < -0.4 is 14.5 Å². The van der Waals surface area contributed by atoms with Gasteiger partial charge in [-0.3, -0.25) is 13.9 Å². The topological polar surface area (TPSA) is 105 Å². The van der Waals surface area contributed by atoms with Crippen LogP contribution >= 0.6 is 11.6 Å². The molecule has 0 aromatic heterocycles. The van der Waals surface area contributed by atoms with E-state index in [-0.39, 0.29) is 0 Å². The summed E-state index contributed by atoms with van der Waals surface area (Å²) in [6.45, 7) is 2.57. The molecule has 154 valence electrons. The number of benzene rings is 2. The Morgan fingerprint density at radius 2 is 1.86 bits per heavy atom. The van der Waals surface area contributed by atoms with Crippen LogP contribution in [-0.4, -0.2) is 39.3 Å². The number of nitrogens with zero attached hydrogens (tertiary/aromatic N) is 2. The lowest BCUT2D eigenvalue weighted by atomic mass is 10.2. The molecule has 29 heavy (non-hydrogen) atoms. The van der Waals surface area contributed by atoms with Gasteiger partial charge in [0.25, 0.3) is 5.91 Å². The first-order valence-electron chi connectivity index (χ1n) is 8.40. The van der Waals surface area contributed by atoms with Gasteiger partial charge in [0.2, 0.25) is 10.0 Å². The number of carbonyl (C=O) groups is 2. The maximum absolute atomic E-state index is 12.2. The Bertz CT molecular complexity index is 1040. The number of hydrazone groups is 1. The molecule has 0 saturated carbocycles. The summed E-state index contributed by atoms with van der Waals surface area (Å²) in [7, 11) is -3.72. The average molecular weight is 438 g/mol. The number of sulfonamides is 1. The normalized spacial score (nSPS) is 11.3. The molecule has 0 aliphatic rings. The quantitative estimate of drug-likeness (QED) is 0.310. The highest BCUT2D eigenvalue weighted by molar-refractivity contribution is 7.92. The van der Waals surface area contributed by atoms with Gasteiger partial charge in [0.1, 0.15) is 12.3 Å². The molecule has 0 saturated heterocycles. The van der Waals surface area contributed by atoms with Crippen LogP contribution in [0.4, 0.5) is 5.69 Å². The number of hydrogen-bond acceptors (Lipinski definition) is 6. The van der Waals surface area contributed by atoms with Crippen molar-refractivity contribution in [2.24, 2.45) is 5.10 Å². The van der Waals surface area contributed by atoms with Crippen molar-refractivity contribution in [2.45, 2.75) is 13.8 Å². The van der Waals surface area contributed by atoms with E-state index in [0.717, 1.165) is 10.6 Å². The number of nitrogens with one attached hydrogen (secondary N) is 1. The molecule has 0 atom stereocenters. The zero-order chi connectivity index (χ0) is 21.6. The molecule has 2 aromatic carbocycles. The van der Waals surface area contributed by atoms with Crippen LogP contribution in [0.1, 0.15) is 18.1 Å². The van der Waals surface area contributed by atoms with E-state index >= 15 is 0 Å². The molecule has 2 rings (SSSR count). The van der Waals surface area contributed by atoms with Gasteiger partial charge in [0.15, 0.2) is 0 Å². The second-order valence-corrected chi connectivity index (χ2v) is 8.50. The van der Waals surface area contributed by atoms with Gasteiger partial charge in [0, 0.05) is 11.9 Å². The molecule has 8 nitrogen and oxygen atoms in total. The van der Waals surface area contributed by atoms with E-state index in [1.807, 2.05) is 0 Å². The smallest absolute Gasteiger partial charge is 0.308 e. The summed E-state index contributed by atoms with van der Waals surface area (Å²) in [5.74, 6) is -0.661. The van der Waals surface area contributed by atoms with Crippen LogP contribution in [0.2, 0.25) is 5.02 Å². The molecule has 0 bridgehead atoms. The second kappa shape index (κ2) is 9.53. The van der Waals surface area contributed by atoms with Gasteiger partial charge in [-0.1, -0.05) is 17.7 Å². The van der Waals surface area contributed by atoms with Crippen molar-refractivity contribution in [2.75, 3.05) is 17.1 Å². The van der Waals surface area contributed by atoms with Gasteiger partial charge in [-0.15, -0.1) is 0 Å². The Morgan fingerprint density at radius 3 is 2.45 bits per heavy atom. The molecular formula is C19H20ClN3O5S. The van der Waals surface area contributed by atoms with E-state index < -0.39 is 28.4 Å². The molecule has 10 heteroatoms. The third-order valence-electron chi connectivity index (χ3n) is 3.67. The highest BCUT2D eigenvalue weighted by Crippen LogP contribution is 2.26. The Labute approximate surface area is 174 Å². The van der Waals surface area contributed by atoms with Gasteiger partial charge in [0.05, 0.1) is 18.2 Å². The minimum absolute atomic E-state index is 0.320. The van der Waals surface area contributed by atoms with Crippen LogP contribution in [0.5, 0.6) is 5.75 Å². The summed E-state index contributed by atoms with van der Waals surface area (Å²) in [5.41, 5.74) is 3.91. The molecule has 1 N–H and O–H groups in total. The van der Waals surface area contributed by atoms with E-state index in [1.165, 1.54) is 19.2 Å². The Kier molecular flexibility index (Phi) is 7.35. The third kappa shape index (κ3) is 6.88. The van der Waals surface area contributed by atoms with E-state index in [4.69, 9.17) is 16.3 Å². The highest BCUT2D eigenvalue weighted by Gasteiger charge is 2.22. The Hall–Kier alpha value is -2.91. The third-order valence-corrected chi connectivity index (χ3v) is 5.03. The molecule has 0 heterocycles. The van der Waals surface area contributed by atoms with Crippen molar-refractivity contribution in [3.05, 3.63) is 58.6 Å². The molecule has 2 aromatic rings. The number of carbonyl (C=O) groups excluding carboxylic acids is 2. The van der Waals surface area contributed by atoms with Gasteiger partial charge in [-0.2, -0.15) is 5.10 Å². The minimum atomic E-state index is -3.72. The summed E-state index contributed by atoms with van der Waals surface area (Å²) in [6, 6.07) is 11.2. The number of anilines is 1. The molecule has 0 fully saturated rings. The Balaban J connectivity index is 2.06. The minimum Gasteiger partial charge on any atom is -0.427 e. The fourth-order valence-electron chi connectivity index (χ4n) is 2.36. The van der Waals surface area contributed by atoms with Crippen LogP contribution in [0.25, 0.3) is 0 Å². The van der Waals surface area contributed by atoms with Crippen molar-refractivity contribution >= 4 is 45.4 Å². The fraction of sp³-hybridized carbons (Fsp3) is 0.211. The lowest BCUT2D eigenvalue weighted by Gasteiger charge is -2.23. The average Bonchev–Trinajstić information content (AvgIpc) is 2.62. The van der Waals surface area contributed by atoms with Crippen LogP contribution in [-0.2, 0) is 19.6 Å². The van der Waals surface area contributed by atoms with Crippen LogP contribution in [0.3, 0.4) is 0 Å². The summed E-state index contributed by atoms with van der Waals surface area (Å²) in [5, 5.41) is 4.18. The first kappa shape index (κ1) is 22.4. The second-order valence-electron chi connectivity index (χ2n) is 6.16. The van der Waals surface area contributed by atoms with E-state index in [9.17, 15) is 18.0 Å². The van der Waals surface area contributed by atoms with Crippen LogP contribution in [0.15, 0.2) is 47.6 Å². The Morgan fingerprint density at radius 1 is 1.21 bits per heavy atom. The van der Waals surface area contributed by atoms with E-state index in [0.29, 0.717) is 27.6 Å². The lowest BCUT2D eigenvalue weighted by Crippen LogP contribution is -2.39. The molecule has 0 unspecified atom stereocenters. The molecular weight excluding hydrogens is 418 g/mol. The molecule has 0 radical (unpaired) electrons. The molecule has 1 amide bonds. The number of amides is 1. The van der Waals surface area contributed by atoms with Gasteiger partial charge >= 0.3 is 5.97 Å². The predicted octanol–water partition coefficient (Wildman–Crippen LogP) is 2.49. The lowest BCUT2D eigenvalue weighted by molar-refractivity contribution is -0.131. The zero-order valence-electron chi connectivity index (χ0n) is 16.0. The summed E-state index contributed by atoms with van der Waals surface area (Å²) in [6.07, 6.45) is 2.39.